The first-order valence-electron chi connectivity index (χ1n) is 10.5. The lowest BCUT2D eigenvalue weighted by Crippen LogP contribution is -2.11. The molecule has 0 amide bonds. The third kappa shape index (κ3) is 4.15. The van der Waals surface area contributed by atoms with Gasteiger partial charge in [0.15, 0.2) is 10.5 Å². The van der Waals surface area contributed by atoms with Crippen molar-refractivity contribution in [3.8, 4) is 17.0 Å². The van der Waals surface area contributed by atoms with Crippen molar-refractivity contribution in [3.63, 3.8) is 0 Å². The highest BCUT2D eigenvalue weighted by Crippen LogP contribution is 2.35. The summed E-state index contributed by atoms with van der Waals surface area (Å²) in [5.74, 6) is 0.884. The van der Waals surface area contributed by atoms with E-state index in [1.54, 1.807) is 43.5 Å². The molecule has 2 aromatic carbocycles. The zero-order valence-electron chi connectivity index (χ0n) is 18.4. The first-order valence-corrected chi connectivity index (χ1v) is 11.5. The Hall–Kier alpha value is -3.12. The first-order chi connectivity index (χ1) is 15.4. The summed E-state index contributed by atoms with van der Waals surface area (Å²) in [7, 11) is 0. The van der Waals surface area contributed by atoms with E-state index in [4.69, 9.17) is 9.15 Å². The highest BCUT2D eigenvalue weighted by molar-refractivity contribution is 7.99. The maximum Gasteiger partial charge on any atom is 0.196 e. The van der Waals surface area contributed by atoms with Crippen LogP contribution in [0.5, 0.6) is 5.75 Å². The molecule has 6 heteroatoms. The molecule has 2 heterocycles. The van der Waals surface area contributed by atoms with Crippen molar-refractivity contribution in [2.24, 2.45) is 0 Å². The Balaban J connectivity index is 1.82. The Bertz CT molecular complexity index is 1350. The van der Waals surface area contributed by atoms with Crippen LogP contribution >= 0.6 is 11.8 Å². The molecular weight excluding hydrogens is 425 g/mol. The molecule has 4 aromatic rings. The first kappa shape index (κ1) is 22.1. The van der Waals surface area contributed by atoms with Crippen LogP contribution in [0.15, 0.2) is 69.0 Å². The quantitative estimate of drug-likeness (QED) is 0.301. The van der Waals surface area contributed by atoms with Crippen molar-refractivity contribution in [3.05, 3.63) is 87.5 Å². The molecule has 4 nitrogen and oxygen atoms in total. The lowest BCUT2D eigenvalue weighted by Gasteiger charge is -2.19. The minimum Gasteiger partial charge on any atom is -0.484 e. The molecule has 0 unspecified atom stereocenters. The smallest absolute Gasteiger partial charge is 0.196 e. The number of aryl methyl sites for hydroxylation is 1. The summed E-state index contributed by atoms with van der Waals surface area (Å²) in [4.78, 5) is 17.4. The molecule has 0 aliphatic carbocycles. The maximum atomic E-state index is 14.4. The van der Waals surface area contributed by atoms with E-state index in [9.17, 15) is 9.18 Å². The van der Waals surface area contributed by atoms with Gasteiger partial charge < -0.3 is 9.15 Å². The molecule has 0 aliphatic rings. The van der Waals surface area contributed by atoms with Gasteiger partial charge >= 0.3 is 0 Å². The average molecular weight is 450 g/mol. The number of hydrogen-bond donors (Lipinski definition) is 0. The van der Waals surface area contributed by atoms with Crippen molar-refractivity contribution in [1.82, 2.24) is 4.98 Å². The largest absolute Gasteiger partial charge is 0.484 e. The summed E-state index contributed by atoms with van der Waals surface area (Å²) in [6, 6.07) is 13.8. The molecule has 0 N–H and O–H groups in total. The number of ether oxygens (including phenoxy) is 1. The summed E-state index contributed by atoms with van der Waals surface area (Å²) in [6.45, 7) is 7.64. The van der Waals surface area contributed by atoms with E-state index in [1.807, 2.05) is 32.9 Å². The summed E-state index contributed by atoms with van der Waals surface area (Å²) in [6.07, 6.45) is 1.15. The van der Waals surface area contributed by atoms with Gasteiger partial charge in [0.2, 0.25) is 0 Å². The van der Waals surface area contributed by atoms with Crippen LogP contribution < -0.4 is 10.2 Å². The van der Waals surface area contributed by atoms with Gasteiger partial charge in [-0.2, -0.15) is 0 Å². The van der Waals surface area contributed by atoms with E-state index >= 15 is 0 Å². The molecule has 164 valence electrons. The van der Waals surface area contributed by atoms with Crippen molar-refractivity contribution in [2.45, 2.75) is 38.9 Å². The van der Waals surface area contributed by atoms with Crippen molar-refractivity contribution in [1.29, 1.82) is 0 Å². The highest BCUT2D eigenvalue weighted by Gasteiger charge is 2.21. The molecule has 2 aromatic heterocycles. The maximum absolute atomic E-state index is 14.4. The van der Waals surface area contributed by atoms with Gasteiger partial charge in [0.05, 0.1) is 5.39 Å². The van der Waals surface area contributed by atoms with Crippen molar-refractivity contribution in [2.75, 3.05) is 5.75 Å². The number of nitrogens with zero attached hydrogens (tertiary/aromatic N) is 1. The van der Waals surface area contributed by atoms with Crippen LogP contribution in [0, 0.1) is 19.7 Å². The fraction of sp³-hybridized carbons (Fsp3) is 0.231. The van der Waals surface area contributed by atoms with Crippen LogP contribution in [-0.4, -0.2) is 10.7 Å². The number of halogens is 1. The number of thioether (sulfide) groups is 1. The second kappa shape index (κ2) is 9.17. The third-order valence-corrected chi connectivity index (χ3v) is 6.21. The Labute approximate surface area is 190 Å². The fourth-order valence-corrected chi connectivity index (χ4v) is 4.43. The molecule has 32 heavy (non-hydrogen) atoms. The fourth-order valence-electron chi connectivity index (χ4n) is 3.71. The minimum atomic E-state index is -0.461. The molecule has 0 spiro atoms. The number of pyridine rings is 1. The average Bonchev–Trinajstić information content (AvgIpc) is 2.78. The van der Waals surface area contributed by atoms with Gasteiger partial charge in [-0.25, -0.2) is 4.39 Å². The topological polar surface area (TPSA) is 52.3 Å². The van der Waals surface area contributed by atoms with E-state index in [2.05, 4.69) is 4.98 Å². The molecule has 0 saturated heterocycles. The van der Waals surface area contributed by atoms with Crippen LogP contribution in [0.4, 0.5) is 4.39 Å². The lowest BCUT2D eigenvalue weighted by molar-refractivity contribution is 0.226. The predicted octanol–water partition coefficient (Wildman–Crippen LogP) is 6.86. The van der Waals surface area contributed by atoms with E-state index in [1.165, 1.54) is 17.8 Å². The molecule has 0 saturated carbocycles. The zero-order chi connectivity index (χ0) is 22.8. The van der Waals surface area contributed by atoms with E-state index in [0.29, 0.717) is 38.6 Å². The van der Waals surface area contributed by atoms with Crippen molar-refractivity contribution >= 4 is 22.7 Å². The molecule has 0 fully saturated rings. The van der Waals surface area contributed by atoms with Crippen LogP contribution in [0.2, 0.25) is 0 Å². The third-order valence-electron chi connectivity index (χ3n) is 5.26. The molecule has 0 bridgehead atoms. The summed E-state index contributed by atoms with van der Waals surface area (Å²) in [5.41, 5.74) is 3.59. The van der Waals surface area contributed by atoms with Gasteiger partial charge in [0, 0.05) is 22.9 Å². The second-order valence-electron chi connectivity index (χ2n) is 7.60. The normalized spacial score (nSPS) is 12.2. The molecule has 1 atom stereocenters. The molecule has 4 rings (SSSR count). The minimum absolute atomic E-state index is 0.0345. The summed E-state index contributed by atoms with van der Waals surface area (Å²) >= 11 is 1.50. The Morgan fingerprint density at radius 1 is 1.16 bits per heavy atom. The Morgan fingerprint density at radius 3 is 2.69 bits per heavy atom. The van der Waals surface area contributed by atoms with Crippen LogP contribution in [-0.2, 0) is 0 Å². The van der Waals surface area contributed by atoms with Crippen LogP contribution in [0.25, 0.3) is 22.2 Å². The monoisotopic (exact) mass is 449 g/mol. The van der Waals surface area contributed by atoms with Gasteiger partial charge in [-0.05, 0) is 68.5 Å². The summed E-state index contributed by atoms with van der Waals surface area (Å²) < 4.78 is 26.9. The van der Waals surface area contributed by atoms with Gasteiger partial charge in [0.25, 0.3) is 0 Å². The zero-order valence-corrected chi connectivity index (χ0v) is 19.3. The number of aromatic nitrogens is 1. The standard InChI is InChI=1S/C26H24FNO3S/c1-5-32-26-16(3)24(29)20-14-15(2)13-19(25(20)31-26)17(4)30-22-11-8-12-28-23(22)18-9-6-7-10-21(18)27/h6-14,17H,5H2,1-4H3/t17-/m1/s1. The predicted molar refractivity (Wildman–Crippen MR) is 127 cm³/mol. The molecule has 0 radical (unpaired) electrons. The van der Waals surface area contributed by atoms with Gasteiger partial charge in [0.1, 0.15) is 28.9 Å². The van der Waals surface area contributed by atoms with Gasteiger partial charge in [-0.1, -0.05) is 30.8 Å². The molecular formula is C26H24FNO3S. The molecule has 0 aliphatic heterocycles. The Kier molecular flexibility index (Phi) is 6.33. The summed E-state index contributed by atoms with van der Waals surface area (Å²) in [5, 5.41) is 1.16. The van der Waals surface area contributed by atoms with Crippen molar-refractivity contribution < 1.29 is 13.5 Å². The van der Waals surface area contributed by atoms with Gasteiger partial charge in [-0.15, -0.1) is 0 Å². The van der Waals surface area contributed by atoms with E-state index in [0.717, 1.165) is 16.9 Å². The van der Waals surface area contributed by atoms with Gasteiger partial charge in [-0.3, -0.25) is 9.78 Å². The lowest BCUT2D eigenvalue weighted by atomic mass is 10.0. The number of fused-ring (bicyclic) bond motifs is 1. The van der Waals surface area contributed by atoms with E-state index in [-0.39, 0.29) is 11.2 Å². The second-order valence-corrected chi connectivity index (χ2v) is 8.83. The van der Waals surface area contributed by atoms with Crippen LogP contribution in [0.1, 0.15) is 36.6 Å². The number of hydrogen-bond acceptors (Lipinski definition) is 5. The SMILES string of the molecule is CCSc1oc2c([C@@H](C)Oc3cccnc3-c3ccccc3F)cc(C)cc2c(=O)c1C. The van der Waals surface area contributed by atoms with Crippen LogP contribution in [0.3, 0.4) is 0 Å². The number of rotatable bonds is 6. The number of benzene rings is 2. The van der Waals surface area contributed by atoms with E-state index < -0.39 is 6.10 Å². The highest BCUT2D eigenvalue weighted by atomic mass is 32.2. The Morgan fingerprint density at radius 2 is 1.94 bits per heavy atom.